The number of fused-ring (bicyclic) bond motifs is 3. The molecule has 102 valence electrons. The Morgan fingerprint density at radius 1 is 0.810 bits per heavy atom. The number of hydrogen-bond donors (Lipinski definition) is 0. The molecule has 0 spiro atoms. The minimum Gasteiger partial charge on any atom is -0.455 e. The molecule has 0 aliphatic rings. The van der Waals surface area contributed by atoms with Crippen molar-refractivity contribution in [2.75, 3.05) is 0 Å². The fraction of sp³-hybridized carbons (Fsp3) is 0.100. The van der Waals surface area contributed by atoms with Crippen LogP contribution in [0, 0.1) is 0 Å². The summed E-state index contributed by atoms with van der Waals surface area (Å²) >= 11 is 0. The molecule has 0 fully saturated rings. The third-order valence-corrected chi connectivity index (χ3v) is 4.05. The van der Waals surface area contributed by atoms with Crippen molar-refractivity contribution in [1.29, 1.82) is 0 Å². The summed E-state index contributed by atoms with van der Waals surface area (Å²) in [6.45, 7) is 2.18. The predicted octanol–water partition coefficient (Wildman–Crippen LogP) is 5.82. The highest BCUT2D eigenvalue weighted by molar-refractivity contribution is 6.09. The molecule has 0 unspecified atom stereocenters. The van der Waals surface area contributed by atoms with E-state index < -0.39 is 0 Å². The van der Waals surface area contributed by atoms with Crippen molar-refractivity contribution < 1.29 is 4.42 Å². The molecule has 1 aromatic heterocycles. The molecule has 0 radical (unpaired) electrons. The molecule has 0 bridgehead atoms. The third-order valence-electron chi connectivity index (χ3n) is 4.05. The third kappa shape index (κ3) is 1.93. The van der Waals surface area contributed by atoms with E-state index in [2.05, 4.69) is 61.5 Å². The molecule has 0 aliphatic carbocycles. The smallest absolute Gasteiger partial charge is 0.143 e. The van der Waals surface area contributed by atoms with E-state index in [4.69, 9.17) is 4.42 Å². The summed E-state index contributed by atoms with van der Waals surface area (Å²) in [5.41, 5.74) is 5.66. The van der Waals surface area contributed by atoms with Gasteiger partial charge in [0.2, 0.25) is 0 Å². The zero-order valence-corrected chi connectivity index (χ0v) is 12.0. The van der Waals surface area contributed by atoms with Crippen LogP contribution in [0.25, 0.3) is 33.1 Å². The van der Waals surface area contributed by atoms with Gasteiger partial charge >= 0.3 is 0 Å². The normalized spacial score (nSPS) is 11.3. The lowest BCUT2D eigenvalue weighted by Gasteiger charge is -2.04. The standard InChI is InChI=1S/C20H16O/c1-2-14-7-5-8-15(13-14)16-10-6-11-18-17-9-3-4-12-19(17)21-20(16)18/h3-13H,2H2,1H3. The minimum atomic E-state index is 0.951. The highest BCUT2D eigenvalue weighted by Gasteiger charge is 2.11. The van der Waals surface area contributed by atoms with Crippen LogP contribution in [-0.4, -0.2) is 0 Å². The van der Waals surface area contributed by atoms with Crippen LogP contribution in [-0.2, 0) is 6.42 Å². The Balaban J connectivity index is 2.04. The maximum atomic E-state index is 6.11. The molecular formula is C20H16O. The van der Waals surface area contributed by atoms with Crippen molar-refractivity contribution in [3.05, 3.63) is 72.3 Å². The Morgan fingerprint density at radius 2 is 1.62 bits per heavy atom. The number of rotatable bonds is 2. The average molecular weight is 272 g/mol. The summed E-state index contributed by atoms with van der Waals surface area (Å²) in [5.74, 6) is 0. The van der Waals surface area contributed by atoms with Gasteiger partial charge in [-0.3, -0.25) is 0 Å². The van der Waals surface area contributed by atoms with Crippen LogP contribution in [0.15, 0.2) is 71.1 Å². The topological polar surface area (TPSA) is 13.1 Å². The maximum absolute atomic E-state index is 6.11. The van der Waals surface area contributed by atoms with Gasteiger partial charge in [-0.05, 0) is 23.6 Å². The largest absolute Gasteiger partial charge is 0.455 e. The Labute approximate surface area is 123 Å². The van der Waals surface area contributed by atoms with Crippen LogP contribution in [0.5, 0.6) is 0 Å². The van der Waals surface area contributed by atoms with E-state index in [0.29, 0.717) is 0 Å². The molecule has 0 saturated heterocycles. The van der Waals surface area contributed by atoms with Gasteiger partial charge in [-0.25, -0.2) is 0 Å². The van der Waals surface area contributed by atoms with Gasteiger partial charge in [-0.1, -0.05) is 67.6 Å². The monoisotopic (exact) mass is 272 g/mol. The summed E-state index contributed by atoms with van der Waals surface area (Å²) in [4.78, 5) is 0. The lowest BCUT2D eigenvalue weighted by Crippen LogP contribution is -1.83. The first-order valence-corrected chi connectivity index (χ1v) is 7.36. The maximum Gasteiger partial charge on any atom is 0.143 e. The summed E-state index contributed by atoms with van der Waals surface area (Å²) < 4.78 is 6.11. The predicted molar refractivity (Wildman–Crippen MR) is 88.5 cm³/mol. The highest BCUT2D eigenvalue weighted by atomic mass is 16.3. The number of para-hydroxylation sites is 2. The number of benzene rings is 3. The van der Waals surface area contributed by atoms with E-state index in [0.717, 1.165) is 17.6 Å². The molecule has 0 N–H and O–H groups in total. The molecule has 3 aromatic carbocycles. The van der Waals surface area contributed by atoms with Crippen molar-refractivity contribution in [1.82, 2.24) is 0 Å². The van der Waals surface area contributed by atoms with Crippen LogP contribution in [0.1, 0.15) is 12.5 Å². The first-order valence-electron chi connectivity index (χ1n) is 7.36. The van der Waals surface area contributed by atoms with Gasteiger partial charge in [-0.2, -0.15) is 0 Å². The van der Waals surface area contributed by atoms with E-state index in [9.17, 15) is 0 Å². The molecule has 0 atom stereocenters. The van der Waals surface area contributed by atoms with Gasteiger partial charge < -0.3 is 4.42 Å². The molecule has 1 nitrogen and oxygen atoms in total. The quantitative estimate of drug-likeness (QED) is 0.448. The molecule has 1 heteroatoms. The first-order chi connectivity index (χ1) is 10.4. The lowest BCUT2D eigenvalue weighted by atomic mass is 10.00. The minimum absolute atomic E-state index is 0.951. The zero-order chi connectivity index (χ0) is 14.2. The van der Waals surface area contributed by atoms with Crippen molar-refractivity contribution >= 4 is 21.9 Å². The molecule has 0 aliphatic heterocycles. The second kappa shape index (κ2) is 4.78. The average Bonchev–Trinajstić information content (AvgIpc) is 2.93. The summed E-state index contributed by atoms with van der Waals surface area (Å²) in [5, 5.41) is 2.37. The van der Waals surface area contributed by atoms with Crippen LogP contribution in [0.4, 0.5) is 0 Å². The Hall–Kier alpha value is -2.54. The molecule has 0 amide bonds. The number of aryl methyl sites for hydroxylation is 1. The van der Waals surface area contributed by atoms with Crippen molar-refractivity contribution in [3.8, 4) is 11.1 Å². The SMILES string of the molecule is CCc1cccc(-c2cccc3c2oc2ccccc23)c1. The molecular weight excluding hydrogens is 256 g/mol. The Morgan fingerprint density at radius 3 is 2.52 bits per heavy atom. The fourth-order valence-electron chi connectivity index (χ4n) is 2.93. The molecule has 1 heterocycles. The first kappa shape index (κ1) is 12.2. The molecule has 4 rings (SSSR count). The van der Waals surface area contributed by atoms with Crippen molar-refractivity contribution in [3.63, 3.8) is 0 Å². The Kier molecular flexibility index (Phi) is 2.78. The van der Waals surface area contributed by atoms with E-state index in [1.54, 1.807) is 0 Å². The molecule has 0 saturated carbocycles. The van der Waals surface area contributed by atoms with Gasteiger partial charge in [0.25, 0.3) is 0 Å². The van der Waals surface area contributed by atoms with Gasteiger partial charge in [0, 0.05) is 16.3 Å². The summed E-state index contributed by atoms with van der Waals surface area (Å²) in [6, 6.07) is 23.3. The van der Waals surface area contributed by atoms with Gasteiger partial charge in [0.05, 0.1) is 0 Å². The van der Waals surface area contributed by atoms with Gasteiger partial charge in [0.1, 0.15) is 11.2 Å². The van der Waals surface area contributed by atoms with Crippen LogP contribution in [0.3, 0.4) is 0 Å². The summed E-state index contributed by atoms with van der Waals surface area (Å²) in [6.07, 6.45) is 1.05. The van der Waals surface area contributed by atoms with Gasteiger partial charge in [0.15, 0.2) is 0 Å². The van der Waals surface area contributed by atoms with E-state index >= 15 is 0 Å². The molecule has 4 aromatic rings. The second-order valence-electron chi connectivity index (χ2n) is 5.33. The zero-order valence-electron chi connectivity index (χ0n) is 12.0. The van der Waals surface area contributed by atoms with Gasteiger partial charge in [-0.15, -0.1) is 0 Å². The number of hydrogen-bond acceptors (Lipinski definition) is 1. The van der Waals surface area contributed by atoms with E-state index in [1.807, 2.05) is 12.1 Å². The van der Waals surface area contributed by atoms with Crippen molar-refractivity contribution in [2.45, 2.75) is 13.3 Å². The van der Waals surface area contributed by atoms with Crippen LogP contribution >= 0.6 is 0 Å². The second-order valence-corrected chi connectivity index (χ2v) is 5.33. The lowest BCUT2D eigenvalue weighted by molar-refractivity contribution is 0.670. The fourth-order valence-corrected chi connectivity index (χ4v) is 2.93. The highest BCUT2D eigenvalue weighted by Crippen LogP contribution is 2.35. The van der Waals surface area contributed by atoms with E-state index in [1.165, 1.54) is 27.5 Å². The van der Waals surface area contributed by atoms with E-state index in [-0.39, 0.29) is 0 Å². The van der Waals surface area contributed by atoms with Crippen LogP contribution < -0.4 is 0 Å². The summed E-state index contributed by atoms with van der Waals surface area (Å²) in [7, 11) is 0. The number of furan rings is 1. The van der Waals surface area contributed by atoms with Crippen molar-refractivity contribution in [2.24, 2.45) is 0 Å². The Bertz CT molecular complexity index is 931. The van der Waals surface area contributed by atoms with Crippen LogP contribution in [0.2, 0.25) is 0 Å². The molecule has 21 heavy (non-hydrogen) atoms.